The van der Waals surface area contributed by atoms with Crippen molar-refractivity contribution in [1.29, 1.82) is 0 Å². The Balaban J connectivity index is 3.60. The number of hydrogen-bond donors (Lipinski definition) is 2. The predicted octanol–water partition coefficient (Wildman–Crippen LogP) is 1.76. The van der Waals surface area contributed by atoms with Crippen LogP contribution in [0.15, 0.2) is 12.2 Å². The minimum atomic E-state index is 0.0309. The summed E-state index contributed by atoms with van der Waals surface area (Å²) in [5, 5.41) is 0. The average Bonchev–Trinajstić information content (AvgIpc) is 2.24. The summed E-state index contributed by atoms with van der Waals surface area (Å²) in [5.74, 6) is 0.162. The molecular formula is C12H24N2O. The molecule has 0 aromatic rings. The quantitative estimate of drug-likeness (QED) is 0.452. The molecule has 0 heterocycles. The monoisotopic (exact) mass is 212 g/mol. The summed E-state index contributed by atoms with van der Waals surface area (Å²) in [5.41, 5.74) is 11.1. The molecule has 88 valence electrons. The normalized spacial score (nSPS) is 13.3. The fourth-order valence-electron chi connectivity index (χ4n) is 1.29. The van der Waals surface area contributed by atoms with Gasteiger partial charge in [-0.15, -0.1) is 0 Å². The molecule has 0 saturated heterocycles. The Morgan fingerprint density at radius 1 is 1.33 bits per heavy atom. The third-order valence-electron chi connectivity index (χ3n) is 2.30. The molecule has 0 aromatic carbocycles. The first-order valence-electron chi connectivity index (χ1n) is 5.87. The van der Waals surface area contributed by atoms with Gasteiger partial charge >= 0.3 is 0 Å². The lowest BCUT2D eigenvalue weighted by molar-refractivity contribution is -0.114. The van der Waals surface area contributed by atoms with Crippen LogP contribution in [0.5, 0.6) is 0 Å². The van der Waals surface area contributed by atoms with E-state index in [9.17, 15) is 4.79 Å². The van der Waals surface area contributed by atoms with E-state index in [2.05, 4.69) is 6.92 Å². The van der Waals surface area contributed by atoms with Crippen LogP contribution in [-0.4, -0.2) is 18.4 Å². The van der Waals surface area contributed by atoms with Crippen molar-refractivity contribution in [3.63, 3.8) is 0 Å². The maximum atomic E-state index is 11.3. The number of ketones is 1. The number of allylic oxidation sites excluding steroid dienone is 1. The molecule has 3 nitrogen and oxygen atoms in total. The number of carbonyl (C=O) groups excluding carboxylic acids is 1. The first-order valence-corrected chi connectivity index (χ1v) is 5.87. The van der Waals surface area contributed by atoms with Crippen molar-refractivity contribution in [2.75, 3.05) is 6.54 Å². The van der Waals surface area contributed by atoms with Gasteiger partial charge < -0.3 is 11.5 Å². The highest BCUT2D eigenvalue weighted by molar-refractivity contribution is 5.89. The minimum absolute atomic E-state index is 0.0309. The molecule has 0 fully saturated rings. The summed E-state index contributed by atoms with van der Waals surface area (Å²) in [4.78, 5) is 11.3. The van der Waals surface area contributed by atoms with Gasteiger partial charge in [-0.3, -0.25) is 4.79 Å². The zero-order chi connectivity index (χ0) is 11.5. The zero-order valence-electron chi connectivity index (χ0n) is 9.74. The van der Waals surface area contributed by atoms with E-state index in [-0.39, 0.29) is 11.8 Å². The summed E-state index contributed by atoms with van der Waals surface area (Å²) in [6.45, 7) is 2.79. The lowest BCUT2D eigenvalue weighted by Crippen LogP contribution is -2.16. The molecule has 4 N–H and O–H groups in total. The van der Waals surface area contributed by atoms with E-state index >= 15 is 0 Å². The highest BCUT2D eigenvalue weighted by atomic mass is 16.1. The second kappa shape index (κ2) is 9.87. The van der Waals surface area contributed by atoms with Crippen LogP contribution in [0.4, 0.5) is 0 Å². The highest BCUT2D eigenvalue weighted by Crippen LogP contribution is 2.01. The van der Waals surface area contributed by atoms with Gasteiger partial charge in [-0.05, 0) is 31.9 Å². The van der Waals surface area contributed by atoms with Crippen LogP contribution in [0.2, 0.25) is 0 Å². The molecule has 0 spiro atoms. The third-order valence-corrected chi connectivity index (χ3v) is 2.30. The Labute approximate surface area is 92.9 Å². The molecule has 3 heteroatoms. The van der Waals surface area contributed by atoms with E-state index < -0.39 is 0 Å². The van der Waals surface area contributed by atoms with Crippen LogP contribution >= 0.6 is 0 Å². The molecule has 0 aliphatic heterocycles. The number of hydrogen-bond acceptors (Lipinski definition) is 3. The molecule has 0 saturated carbocycles. The predicted molar refractivity (Wildman–Crippen MR) is 64.6 cm³/mol. The van der Waals surface area contributed by atoms with Crippen LogP contribution in [0, 0.1) is 0 Å². The second-order valence-electron chi connectivity index (χ2n) is 3.88. The maximum Gasteiger partial charge on any atom is 0.155 e. The van der Waals surface area contributed by atoms with E-state index in [1.165, 1.54) is 0 Å². The van der Waals surface area contributed by atoms with Crippen molar-refractivity contribution in [1.82, 2.24) is 0 Å². The van der Waals surface area contributed by atoms with Crippen molar-refractivity contribution in [2.45, 2.75) is 51.5 Å². The Kier molecular flexibility index (Phi) is 9.43. The van der Waals surface area contributed by atoms with Gasteiger partial charge in [0, 0.05) is 12.5 Å². The smallest absolute Gasteiger partial charge is 0.155 e. The van der Waals surface area contributed by atoms with Gasteiger partial charge in [-0.2, -0.15) is 0 Å². The number of unbranched alkanes of at least 4 members (excludes halogenated alkanes) is 2. The summed E-state index contributed by atoms with van der Waals surface area (Å²) in [7, 11) is 0. The minimum Gasteiger partial charge on any atom is -0.330 e. The molecule has 0 aromatic heterocycles. The molecule has 1 atom stereocenters. The molecular weight excluding hydrogens is 188 g/mol. The summed E-state index contributed by atoms with van der Waals surface area (Å²) >= 11 is 0. The number of nitrogens with two attached hydrogens (primary N) is 2. The Hall–Kier alpha value is -0.670. The van der Waals surface area contributed by atoms with Crippen molar-refractivity contribution in [3.8, 4) is 0 Å². The van der Waals surface area contributed by atoms with Crippen molar-refractivity contribution in [2.24, 2.45) is 11.5 Å². The van der Waals surface area contributed by atoms with Crippen LogP contribution in [-0.2, 0) is 4.79 Å². The third kappa shape index (κ3) is 9.63. The van der Waals surface area contributed by atoms with Gasteiger partial charge in [-0.1, -0.05) is 25.8 Å². The fourth-order valence-corrected chi connectivity index (χ4v) is 1.29. The topological polar surface area (TPSA) is 69.1 Å². The van der Waals surface area contributed by atoms with E-state index in [1.54, 1.807) is 6.08 Å². The van der Waals surface area contributed by atoms with Gasteiger partial charge in [0.15, 0.2) is 5.78 Å². The molecule has 0 aliphatic carbocycles. The average molecular weight is 212 g/mol. The number of rotatable bonds is 9. The van der Waals surface area contributed by atoms with Gasteiger partial charge in [-0.25, -0.2) is 0 Å². The SMILES string of the molecule is CCCCC(N)C=CC(=O)CCCCN. The van der Waals surface area contributed by atoms with Crippen LogP contribution in [0.3, 0.4) is 0 Å². The van der Waals surface area contributed by atoms with E-state index in [0.29, 0.717) is 13.0 Å². The molecule has 0 amide bonds. The van der Waals surface area contributed by atoms with Gasteiger partial charge in [0.1, 0.15) is 0 Å². The van der Waals surface area contributed by atoms with Gasteiger partial charge in [0.05, 0.1) is 0 Å². The Morgan fingerprint density at radius 2 is 2.07 bits per heavy atom. The molecule has 0 radical (unpaired) electrons. The lowest BCUT2D eigenvalue weighted by Gasteiger charge is -2.03. The van der Waals surface area contributed by atoms with Crippen LogP contribution < -0.4 is 11.5 Å². The standard InChI is InChI=1S/C12H24N2O/c1-2-3-6-11(14)8-9-12(15)7-4-5-10-13/h8-9,11H,2-7,10,13-14H2,1H3. The van der Waals surface area contributed by atoms with Gasteiger partial charge in [0.2, 0.25) is 0 Å². The first-order chi connectivity index (χ1) is 7.20. The van der Waals surface area contributed by atoms with Crippen molar-refractivity contribution >= 4 is 5.78 Å². The molecule has 0 bridgehead atoms. The summed E-state index contributed by atoms with van der Waals surface area (Å²) in [6, 6.07) is 0.0309. The summed E-state index contributed by atoms with van der Waals surface area (Å²) in [6.07, 6.45) is 9.05. The maximum absolute atomic E-state index is 11.3. The van der Waals surface area contributed by atoms with E-state index in [0.717, 1.165) is 32.1 Å². The summed E-state index contributed by atoms with van der Waals surface area (Å²) < 4.78 is 0. The van der Waals surface area contributed by atoms with E-state index in [1.807, 2.05) is 6.08 Å². The molecule has 0 aliphatic rings. The first kappa shape index (κ1) is 14.3. The lowest BCUT2D eigenvalue weighted by atomic mass is 10.1. The highest BCUT2D eigenvalue weighted by Gasteiger charge is 1.99. The molecule has 0 rings (SSSR count). The largest absolute Gasteiger partial charge is 0.330 e. The fraction of sp³-hybridized carbons (Fsp3) is 0.750. The van der Waals surface area contributed by atoms with Crippen molar-refractivity contribution in [3.05, 3.63) is 12.2 Å². The Morgan fingerprint density at radius 3 is 2.67 bits per heavy atom. The van der Waals surface area contributed by atoms with E-state index in [4.69, 9.17) is 11.5 Å². The van der Waals surface area contributed by atoms with Crippen molar-refractivity contribution < 1.29 is 4.79 Å². The van der Waals surface area contributed by atoms with Crippen LogP contribution in [0.25, 0.3) is 0 Å². The molecule has 15 heavy (non-hydrogen) atoms. The zero-order valence-corrected chi connectivity index (χ0v) is 9.74. The second-order valence-corrected chi connectivity index (χ2v) is 3.88. The number of carbonyl (C=O) groups is 1. The molecule has 1 unspecified atom stereocenters. The van der Waals surface area contributed by atoms with Crippen LogP contribution in [0.1, 0.15) is 45.4 Å². The van der Waals surface area contributed by atoms with Gasteiger partial charge in [0.25, 0.3) is 0 Å². The Bertz CT molecular complexity index is 190.